The lowest BCUT2D eigenvalue weighted by molar-refractivity contribution is 0.406. The van der Waals surface area contributed by atoms with Gasteiger partial charge in [-0.25, -0.2) is 8.42 Å². The number of hydrogen-bond acceptors (Lipinski definition) is 2. The summed E-state index contributed by atoms with van der Waals surface area (Å²) in [7, 11) is -3.21. The maximum absolute atomic E-state index is 12.4. The highest BCUT2D eigenvalue weighted by atomic mass is 35.5. The molecule has 0 N–H and O–H groups in total. The molecule has 1 heterocycles. The first-order valence-electron chi connectivity index (χ1n) is 6.63. The van der Waals surface area contributed by atoms with E-state index in [-0.39, 0.29) is 11.7 Å². The zero-order valence-corrected chi connectivity index (χ0v) is 12.8. The van der Waals surface area contributed by atoms with Gasteiger partial charge in [0, 0.05) is 19.0 Å². The van der Waals surface area contributed by atoms with Gasteiger partial charge < -0.3 is 0 Å². The molecular formula is C14H20ClNO2S. The van der Waals surface area contributed by atoms with E-state index in [2.05, 4.69) is 6.07 Å². The zero-order valence-electron chi connectivity index (χ0n) is 11.2. The van der Waals surface area contributed by atoms with Gasteiger partial charge in [-0.2, -0.15) is 4.31 Å². The summed E-state index contributed by atoms with van der Waals surface area (Å²) in [5.74, 6) is 0.507. The van der Waals surface area contributed by atoms with E-state index in [0.29, 0.717) is 19.0 Å². The van der Waals surface area contributed by atoms with Gasteiger partial charge >= 0.3 is 0 Å². The molecule has 0 amide bonds. The summed E-state index contributed by atoms with van der Waals surface area (Å²) in [6.07, 6.45) is 1.83. The Kier molecular flexibility index (Phi) is 4.87. The van der Waals surface area contributed by atoms with Crippen LogP contribution in [0, 0.1) is 5.92 Å². The van der Waals surface area contributed by atoms with Crippen molar-refractivity contribution < 1.29 is 8.42 Å². The van der Waals surface area contributed by atoms with E-state index in [1.165, 1.54) is 5.56 Å². The van der Waals surface area contributed by atoms with Crippen LogP contribution in [0.1, 0.15) is 24.5 Å². The standard InChI is InChI=1S/C14H20ClNO2S/c1-12(9-15)11-19(17,18)16-8-4-7-13-5-2-3-6-14(13)10-16/h2-3,5-6,12H,4,7-11H2,1H3. The molecule has 1 aliphatic rings. The molecule has 106 valence electrons. The molecule has 19 heavy (non-hydrogen) atoms. The molecule has 3 nitrogen and oxygen atoms in total. The Bertz CT molecular complexity index is 530. The minimum absolute atomic E-state index is 0.00911. The topological polar surface area (TPSA) is 37.4 Å². The third-order valence-electron chi connectivity index (χ3n) is 3.47. The number of fused-ring (bicyclic) bond motifs is 1. The average Bonchev–Trinajstić information content (AvgIpc) is 2.60. The number of benzene rings is 1. The maximum atomic E-state index is 12.4. The van der Waals surface area contributed by atoms with E-state index in [0.717, 1.165) is 18.4 Å². The molecule has 1 atom stereocenters. The van der Waals surface area contributed by atoms with Crippen molar-refractivity contribution >= 4 is 21.6 Å². The van der Waals surface area contributed by atoms with Gasteiger partial charge in [0.05, 0.1) is 5.75 Å². The third kappa shape index (κ3) is 3.71. The van der Waals surface area contributed by atoms with Gasteiger partial charge in [0.2, 0.25) is 10.0 Å². The van der Waals surface area contributed by atoms with Crippen molar-refractivity contribution in [2.24, 2.45) is 5.92 Å². The zero-order chi connectivity index (χ0) is 13.9. The van der Waals surface area contributed by atoms with Gasteiger partial charge in [-0.15, -0.1) is 11.6 Å². The largest absolute Gasteiger partial charge is 0.214 e. The van der Waals surface area contributed by atoms with E-state index in [9.17, 15) is 8.42 Å². The SMILES string of the molecule is CC(CCl)CS(=O)(=O)N1CCCc2ccccc2C1. The predicted octanol–water partition coefficient (Wildman–Crippen LogP) is 2.64. The Labute approximate surface area is 120 Å². The second-order valence-electron chi connectivity index (χ2n) is 5.24. The van der Waals surface area contributed by atoms with Crippen LogP contribution in [0.15, 0.2) is 24.3 Å². The van der Waals surface area contributed by atoms with Crippen LogP contribution in [-0.4, -0.2) is 30.9 Å². The number of nitrogens with zero attached hydrogens (tertiary/aromatic N) is 1. The van der Waals surface area contributed by atoms with Crippen molar-refractivity contribution in [3.05, 3.63) is 35.4 Å². The van der Waals surface area contributed by atoms with Crippen molar-refractivity contribution in [3.63, 3.8) is 0 Å². The van der Waals surface area contributed by atoms with Gasteiger partial charge in [0.25, 0.3) is 0 Å². The smallest absolute Gasteiger partial charge is 0.212 e. The summed E-state index contributed by atoms with van der Waals surface area (Å²) in [5.41, 5.74) is 2.40. The Morgan fingerprint density at radius 3 is 2.68 bits per heavy atom. The fraction of sp³-hybridized carbons (Fsp3) is 0.571. The first-order chi connectivity index (χ1) is 9.03. The van der Waals surface area contributed by atoms with Crippen molar-refractivity contribution in [3.8, 4) is 0 Å². The highest BCUT2D eigenvalue weighted by molar-refractivity contribution is 7.89. The predicted molar refractivity (Wildman–Crippen MR) is 78.8 cm³/mol. The second-order valence-corrected chi connectivity index (χ2v) is 7.57. The third-order valence-corrected chi connectivity index (χ3v) is 6.09. The number of hydrogen-bond donors (Lipinski definition) is 0. The van der Waals surface area contributed by atoms with Crippen LogP contribution in [-0.2, 0) is 23.0 Å². The van der Waals surface area contributed by atoms with Gasteiger partial charge in [-0.1, -0.05) is 31.2 Å². The second kappa shape index (κ2) is 6.25. The number of halogens is 1. The lowest BCUT2D eigenvalue weighted by Gasteiger charge is -2.22. The molecular weight excluding hydrogens is 282 g/mol. The maximum Gasteiger partial charge on any atom is 0.214 e. The Hall–Kier alpha value is -0.580. The Morgan fingerprint density at radius 2 is 2.00 bits per heavy atom. The van der Waals surface area contributed by atoms with E-state index in [1.54, 1.807) is 4.31 Å². The van der Waals surface area contributed by atoms with Crippen LogP contribution in [0.3, 0.4) is 0 Å². The van der Waals surface area contributed by atoms with Crippen LogP contribution in [0.25, 0.3) is 0 Å². The van der Waals surface area contributed by atoms with E-state index in [1.807, 2.05) is 25.1 Å². The molecule has 1 aromatic carbocycles. The summed E-state index contributed by atoms with van der Waals surface area (Å²) >= 11 is 5.73. The lowest BCUT2D eigenvalue weighted by Crippen LogP contribution is -2.34. The minimum atomic E-state index is -3.21. The molecule has 5 heteroatoms. The van der Waals surface area contributed by atoms with Crippen molar-refractivity contribution in [2.45, 2.75) is 26.3 Å². The van der Waals surface area contributed by atoms with E-state index >= 15 is 0 Å². The highest BCUT2D eigenvalue weighted by Gasteiger charge is 2.26. The number of sulfonamides is 1. The van der Waals surface area contributed by atoms with E-state index in [4.69, 9.17) is 11.6 Å². The highest BCUT2D eigenvalue weighted by Crippen LogP contribution is 2.21. The van der Waals surface area contributed by atoms with Gasteiger partial charge in [0.1, 0.15) is 0 Å². The first kappa shape index (κ1) is 14.8. The summed E-state index contributed by atoms with van der Waals surface area (Å²) in [5, 5.41) is 0. The molecule has 0 aromatic heterocycles. The molecule has 0 radical (unpaired) electrons. The monoisotopic (exact) mass is 301 g/mol. The molecule has 0 bridgehead atoms. The molecule has 0 spiro atoms. The Morgan fingerprint density at radius 1 is 1.32 bits per heavy atom. The van der Waals surface area contributed by atoms with Crippen LogP contribution in [0.4, 0.5) is 0 Å². The fourth-order valence-electron chi connectivity index (χ4n) is 2.42. The molecule has 1 unspecified atom stereocenters. The number of alkyl halides is 1. The first-order valence-corrected chi connectivity index (χ1v) is 8.78. The molecule has 0 aliphatic carbocycles. The summed E-state index contributed by atoms with van der Waals surface area (Å²) in [6.45, 7) is 2.97. The van der Waals surface area contributed by atoms with Crippen molar-refractivity contribution in [1.82, 2.24) is 4.31 Å². The molecule has 2 rings (SSSR count). The molecule has 1 aromatic rings. The number of rotatable bonds is 4. The fourth-order valence-corrected chi connectivity index (χ4v) is 4.45. The quantitative estimate of drug-likeness (QED) is 0.802. The summed E-state index contributed by atoms with van der Waals surface area (Å²) in [6, 6.07) is 8.09. The van der Waals surface area contributed by atoms with Crippen molar-refractivity contribution in [2.75, 3.05) is 18.2 Å². The average molecular weight is 302 g/mol. The van der Waals surface area contributed by atoms with Gasteiger partial charge in [-0.3, -0.25) is 0 Å². The molecule has 0 fully saturated rings. The van der Waals surface area contributed by atoms with E-state index < -0.39 is 10.0 Å². The molecule has 0 saturated carbocycles. The van der Waals surface area contributed by atoms with Crippen molar-refractivity contribution in [1.29, 1.82) is 0 Å². The molecule has 1 aliphatic heterocycles. The van der Waals surface area contributed by atoms with Crippen LogP contribution < -0.4 is 0 Å². The normalized spacial score (nSPS) is 18.6. The van der Waals surface area contributed by atoms with Crippen LogP contribution in [0.5, 0.6) is 0 Å². The number of aryl methyl sites for hydroxylation is 1. The summed E-state index contributed by atoms with van der Waals surface area (Å²) in [4.78, 5) is 0. The van der Waals surface area contributed by atoms with Crippen LogP contribution >= 0.6 is 11.6 Å². The molecule has 0 saturated heterocycles. The van der Waals surface area contributed by atoms with Gasteiger partial charge in [0.15, 0.2) is 0 Å². The van der Waals surface area contributed by atoms with Gasteiger partial charge in [-0.05, 0) is 29.9 Å². The summed E-state index contributed by atoms with van der Waals surface area (Å²) < 4.78 is 26.4. The Balaban J connectivity index is 2.18. The minimum Gasteiger partial charge on any atom is -0.212 e. The lowest BCUT2D eigenvalue weighted by atomic mass is 10.0. The van der Waals surface area contributed by atoms with Crippen LogP contribution in [0.2, 0.25) is 0 Å².